The fourth-order valence-corrected chi connectivity index (χ4v) is 1.17. The van der Waals surface area contributed by atoms with Gasteiger partial charge in [-0.1, -0.05) is 11.6 Å². The number of amides is 2. The minimum Gasteiger partial charge on any atom is -0.394 e. The van der Waals surface area contributed by atoms with Gasteiger partial charge in [-0.3, -0.25) is 0 Å². The molecule has 0 heterocycles. The van der Waals surface area contributed by atoms with Crippen molar-refractivity contribution < 1.29 is 9.90 Å². The third-order valence-corrected chi connectivity index (χ3v) is 2.20. The number of carbonyl (C=O) groups excluding carboxylic acids is 1. The lowest BCUT2D eigenvalue weighted by atomic mass is 10.1. The van der Waals surface area contributed by atoms with Crippen LogP contribution in [-0.2, 0) is 0 Å². The van der Waals surface area contributed by atoms with Crippen LogP contribution >= 0.6 is 11.6 Å². The molecule has 5 heteroatoms. The van der Waals surface area contributed by atoms with Gasteiger partial charge in [0.1, 0.15) is 0 Å². The van der Waals surface area contributed by atoms with Crippen LogP contribution in [0.15, 0.2) is 24.3 Å². The Hall–Kier alpha value is -1.26. The van der Waals surface area contributed by atoms with E-state index in [-0.39, 0.29) is 12.6 Å². The summed E-state index contributed by atoms with van der Waals surface area (Å²) < 4.78 is 0. The summed E-state index contributed by atoms with van der Waals surface area (Å²) in [5, 5.41) is 14.9. The van der Waals surface area contributed by atoms with Crippen LogP contribution in [0.2, 0.25) is 5.02 Å². The molecular formula is C11H15ClN2O2. The van der Waals surface area contributed by atoms with E-state index >= 15 is 0 Å². The zero-order valence-corrected chi connectivity index (χ0v) is 10.0. The van der Waals surface area contributed by atoms with Crippen molar-refractivity contribution >= 4 is 23.3 Å². The number of urea groups is 1. The van der Waals surface area contributed by atoms with Crippen LogP contribution in [0, 0.1) is 0 Å². The van der Waals surface area contributed by atoms with E-state index in [2.05, 4.69) is 10.6 Å². The Balaban J connectivity index is 2.55. The normalized spacial score (nSPS) is 11.0. The first-order valence-corrected chi connectivity index (χ1v) is 5.26. The molecular weight excluding hydrogens is 228 g/mol. The van der Waals surface area contributed by atoms with Crippen molar-refractivity contribution in [3.8, 4) is 0 Å². The predicted molar refractivity (Wildman–Crippen MR) is 64.8 cm³/mol. The molecule has 2 amide bonds. The van der Waals surface area contributed by atoms with Gasteiger partial charge in [-0.05, 0) is 38.1 Å². The standard InChI is InChI=1S/C11H15ClN2O2/c1-11(2,7-15)14-10(16)13-9-5-3-8(12)4-6-9/h3-6,15H,7H2,1-2H3,(H2,13,14,16). The van der Waals surface area contributed by atoms with Crippen LogP contribution in [0.5, 0.6) is 0 Å². The first kappa shape index (κ1) is 12.8. The maximum atomic E-state index is 11.5. The lowest BCUT2D eigenvalue weighted by molar-refractivity contribution is 0.187. The highest BCUT2D eigenvalue weighted by Gasteiger charge is 2.18. The summed E-state index contributed by atoms with van der Waals surface area (Å²) >= 11 is 5.72. The SMILES string of the molecule is CC(C)(CO)NC(=O)Nc1ccc(Cl)cc1. The maximum Gasteiger partial charge on any atom is 0.319 e. The molecule has 3 N–H and O–H groups in total. The Labute approximate surface area is 99.6 Å². The molecule has 0 fully saturated rings. The summed E-state index contributed by atoms with van der Waals surface area (Å²) in [6.07, 6.45) is 0. The molecule has 1 rings (SSSR count). The second-order valence-corrected chi connectivity index (χ2v) is 4.56. The van der Waals surface area contributed by atoms with Gasteiger partial charge >= 0.3 is 6.03 Å². The highest BCUT2D eigenvalue weighted by Crippen LogP contribution is 2.13. The second-order valence-electron chi connectivity index (χ2n) is 4.13. The number of halogens is 1. The monoisotopic (exact) mass is 242 g/mol. The maximum absolute atomic E-state index is 11.5. The fraction of sp³-hybridized carbons (Fsp3) is 0.364. The number of carbonyl (C=O) groups is 1. The Kier molecular flexibility index (Phi) is 4.15. The predicted octanol–water partition coefficient (Wildman–Crippen LogP) is 2.23. The molecule has 0 saturated heterocycles. The van der Waals surface area contributed by atoms with E-state index in [1.165, 1.54) is 0 Å². The van der Waals surface area contributed by atoms with Crippen molar-refractivity contribution in [1.29, 1.82) is 0 Å². The Bertz CT molecular complexity index is 363. The van der Waals surface area contributed by atoms with Gasteiger partial charge in [-0.2, -0.15) is 0 Å². The lowest BCUT2D eigenvalue weighted by Gasteiger charge is -2.23. The van der Waals surface area contributed by atoms with Crippen LogP contribution in [0.3, 0.4) is 0 Å². The van der Waals surface area contributed by atoms with Gasteiger partial charge in [0.25, 0.3) is 0 Å². The number of nitrogens with one attached hydrogen (secondary N) is 2. The molecule has 88 valence electrons. The van der Waals surface area contributed by atoms with Crippen molar-refractivity contribution in [3.05, 3.63) is 29.3 Å². The van der Waals surface area contributed by atoms with Gasteiger partial charge < -0.3 is 15.7 Å². The van der Waals surface area contributed by atoms with Crippen LogP contribution in [-0.4, -0.2) is 23.3 Å². The average Bonchev–Trinajstić information content (AvgIpc) is 2.21. The Morgan fingerprint density at radius 3 is 2.44 bits per heavy atom. The molecule has 16 heavy (non-hydrogen) atoms. The molecule has 0 unspecified atom stereocenters. The average molecular weight is 243 g/mol. The number of aliphatic hydroxyl groups excluding tert-OH is 1. The summed E-state index contributed by atoms with van der Waals surface area (Å²) in [7, 11) is 0. The quantitative estimate of drug-likeness (QED) is 0.761. The molecule has 0 saturated carbocycles. The summed E-state index contributed by atoms with van der Waals surface area (Å²) in [6.45, 7) is 3.34. The van der Waals surface area contributed by atoms with Crippen molar-refractivity contribution in [1.82, 2.24) is 5.32 Å². The van der Waals surface area contributed by atoms with Gasteiger partial charge in [0.2, 0.25) is 0 Å². The number of anilines is 1. The molecule has 1 aromatic rings. The van der Waals surface area contributed by atoms with Gasteiger partial charge in [0.05, 0.1) is 12.1 Å². The molecule has 4 nitrogen and oxygen atoms in total. The molecule has 0 aliphatic carbocycles. The summed E-state index contributed by atoms with van der Waals surface area (Å²) in [5.74, 6) is 0. The third kappa shape index (κ3) is 4.08. The highest BCUT2D eigenvalue weighted by atomic mass is 35.5. The van der Waals surface area contributed by atoms with Crippen molar-refractivity contribution in [3.63, 3.8) is 0 Å². The third-order valence-electron chi connectivity index (χ3n) is 1.95. The fourth-order valence-electron chi connectivity index (χ4n) is 1.04. The van der Waals surface area contributed by atoms with Crippen molar-refractivity contribution in [2.24, 2.45) is 0 Å². The van der Waals surface area contributed by atoms with E-state index in [1.807, 2.05) is 0 Å². The first-order chi connectivity index (χ1) is 7.43. The second kappa shape index (κ2) is 5.18. The minimum absolute atomic E-state index is 0.124. The van der Waals surface area contributed by atoms with Gasteiger partial charge in [0.15, 0.2) is 0 Å². The zero-order chi connectivity index (χ0) is 12.2. The minimum atomic E-state index is -0.642. The molecule has 0 aliphatic heterocycles. The number of hydrogen-bond donors (Lipinski definition) is 3. The summed E-state index contributed by atoms with van der Waals surface area (Å²) in [4.78, 5) is 11.5. The van der Waals surface area contributed by atoms with E-state index in [0.717, 1.165) is 0 Å². The van der Waals surface area contributed by atoms with Crippen LogP contribution in [0.4, 0.5) is 10.5 Å². The number of rotatable bonds is 3. The highest BCUT2D eigenvalue weighted by molar-refractivity contribution is 6.30. The van der Waals surface area contributed by atoms with Crippen LogP contribution in [0.25, 0.3) is 0 Å². The van der Waals surface area contributed by atoms with Crippen molar-refractivity contribution in [2.75, 3.05) is 11.9 Å². The van der Waals surface area contributed by atoms with E-state index < -0.39 is 5.54 Å². The lowest BCUT2D eigenvalue weighted by Crippen LogP contribution is -2.48. The Morgan fingerprint density at radius 1 is 1.38 bits per heavy atom. The van der Waals surface area contributed by atoms with Gasteiger partial charge in [-0.25, -0.2) is 4.79 Å². The van der Waals surface area contributed by atoms with E-state index in [0.29, 0.717) is 10.7 Å². The molecule has 0 spiro atoms. The summed E-state index contributed by atoms with van der Waals surface area (Å²) in [6, 6.07) is 6.42. The number of aliphatic hydroxyl groups is 1. The van der Waals surface area contributed by atoms with Gasteiger partial charge in [0, 0.05) is 10.7 Å². The van der Waals surface area contributed by atoms with Gasteiger partial charge in [-0.15, -0.1) is 0 Å². The summed E-state index contributed by atoms with van der Waals surface area (Å²) in [5.41, 5.74) is 0.00639. The van der Waals surface area contributed by atoms with E-state index in [1.54, 1.807) is 38.1 Å². The molecule has 0 radical (unpaired) electrons. The Morgan fingerprint density at radius 2 is 1.94 bits per heavy atom. The van der Waals surface area contributed by atoms with Crippen LogP contribution in [0.1, 0.15) is 13.8 Å². The smallest absolute Gasteiger partial charge is 0.319 e. The van der Waals surface area contributed by atoms with E-state index in [9.17, 15) is 4.79 Å². The van der Waals surface area contributed by atoms with Crippen LogP contribution < -0.4 is 10.6 Å². The number of benzene rings is 1. The zero-order valence-electron chi connectivity index (χ0n) is 9.25. The molecule has 0 aliphatic rings. The topological polar surface area (TPSA) is 61.4 Å². The number of hydrogen-bond acceptors (Lipinski definition) is 2. The largest absolute Gasteiger partial charge is 0.394 e. The molecule has 0 aromatic heterocycles. The van der Waals surface area contributed by atoms with Crippen molar-refractivity contribution in [2.45, 2.75) is 19.4 Å². The first-order valence-electron chi connectivity index (χ1n) is 4.88. The molecule has 1 aromatic carbocycles. The molecule has 0 bridgehead atoms. The van der Waals surface area contributed by atoms with E-state index in [4.69, 9.17) is 16.7 Å². The molecule has 0 atom stereocenters.